The van der Waals surface area contributed by atoms with E-state index in [2.05, 4.69) is 16.8 Å². The number of amides is 1. The minimum absolute atomic E-state index is 0.0790. The van der Waals surface area contributed by atoms with Gasteiger partial charge in [0.05, 0.1) is 5.57 Å². The van der Waals surface area contributed by atoms with Gasteiger partial charge in [-0.3, -0.25) is 9.69 Å². The van der Waals surface area contributed by atoms with Crippen molar-refractivity contribution in [2.75, 3.05) is 27.2 Å². The van der Waals surface area contributed by atoms with E-state index in [1.54, 1.807) is 11.9 Å². The number of hydrogen-bond donors (Lipinski definition) is 1. The summed E-state index contributed by atoms with van der Waals surface area (Å²) in [5.41, 5.74) is 1.94. The van der Waals surface area contributed by atoms with Crippen LogP contribution in [0.25, 0.3) is 0 Å². The SMILES string of the molecule is C=C1NC2=C(CN(C)CC2)C(=O)N1C. The van der Waals surface area contributed by atoms with Crippen LogP contribution >= 0.6 is 0 Å². The molecule has 0 spiro atoms. The minimum Gasteiger partial charge on any atom is -0.345 e. The highest BCUT2D eigenvalue weighted by Crippen LogP contribution is 2.22. The lowest BCUT2D eigenvalue weighted by Crippen LogP contribution is -2.46. The highest BCUT2D eigenvalue weighted by atomic mass is 16.2. The van der Waals surface area contributed by atoms with E-state index in [1.807, 2.05) is 7.05 Å². The Morgan fingerprint density at radius 1 is 1.43 bits per heavy atom. The standard InChI is InChI=1S/C10H15N3O/c1-7-11-9-4-5-12(2)6-8(9)10(14)13(7)3/h11H,1,4-6H2,2-3H3. The number of carbonyl (C=O) groups excluding carboxylic acids is 1. The molecule has 0 fully saturated rings. The van der Waals surface area contributed by atoms with Gasteiger partial charge in [0.15, 0.2) is 0 Å². The molecule has 0 aromatic heterocycles. The van der Waals surface area contributed by atoms with Crippen LogP contribution in [0.4, 0.5) is 0 Å². The average Bonchev–Trinajstić information content (AvgIpc) is 2.16. The zero-order valence-corrected chi connectivity index (χ0v) is 8.63. The van der Waals surface area contributed by atoms with Crippen molar-refractivity contribution in [2.45, 2.75) is 6.42 Å². The van der Waals surface area contributed by atoms with Gasteiger partial charge in [-0.05, 0) is 7.05 Å². The lowest BCUT2D eigenvalue weighted by Gasteiger charge is -2.35. The summed E-state index contributed by atoms with van der Waals surface area (Å²) in [6.07, 6.45) is 0.907. The fraction of sp³-hybridized carbons (Fsp3) is 0.500. The largest absolute Gasteiger partial charge is 0.345 e. The number of likely N-dealkylation sites (N-methyl/N-ethyl adjacent to an activating group) is 2. The zero-order chi connectivity index (χ0) is 10.3. The molecule has 1 N–H and O–H groups in total. The summed E-state index contributed by atoms with van der Waals surface area (Å²) in [4.78, 5) is 15.6. The molecule has 0 saturated heterocycles. The first-order valence-electron chi connectivity index (χ1n) is 4.74. The molecule has 0 unspecified atom stereocenters. The molecule has 0 saturated carbocycles. The Hall–Kier alpha value is -1.29. The summed E-state index contributed by atoms with van der Waals surface area (Å²) in [6, 6.07) is 0. The van der Waals surface area contributed by atoms with Crippen LogP contribution in [0.5, 0.6) is 0 Å². The first-order valence-corrected chi connectivity index (χ1v) is 4.74. The Labute approximate surface area is 83.9 Å². The second-order valence-corrected chi connectivity index (χ2v) is 3.88. The molecule has 4 heteroatoms. The first-order chi connectivity index (χ1) is 6.59. The van der Waals surface area contributed by atoms with Gasteiger partial charge in [-0.15, -0.1) is 0 Å². The van der Waals surface area contributed by atoms with E-state index in [0.717, 1.165) is 30.8 Å². The molecule has 0 bridgehead atoms. The predicted molar refractivity (Wildman–Crippen MR) is 54.2 cm³/mol. The normalized spacial score (nSPS) is 23.7. The third-order valence-electron chi connectivity index (χ3n) is 2.80. The monoisotopic (exact) mass is 193 g/mol. The Balaban J connectivity index is 2.34. The van der Waals surface area contributed by atoms with Crippen molar-refractivity contribution in [3.63, 3.8) is 0 Å². The highest BCUT2D eigenvalue weighted by molar-refractivity contribution is 5.96. The van der Waals surface area contributed by atoms with Crippen molar-refractivity contribution >= 4 is 5.91 Å². The van der Waals surface area contributed by atoms with Crippen molar-refractivity contribution < 1.29 is 4.79 Å². The molecular weight excluding hydrogens is 178 g/mol. The molecule has 0 radical (unpaired) electrons. The maximum Gasteiger partial charge on any atom is 0.258 e. The number of nitrogens with zero attached hydrogens (tertiary/aromatic N) is 2. The fourth-order valence-electron chi connectivity index (χ4n) is 1.82. The third-order valence-corrected chi connectivity index (χ3v) is 2.80. The maximum absolute atomic E-state index is 11.9. The van der Waals surface area contributed by atoms with Crippen LogP contribution in [0.1, 0.15) is 6.42 Å². The number of rotatable bonds is 0. The minimum atomic E-state index is 0.0790. The fourth-order valence-corrected chi connectivity index (χ4v) is 1.82. The van der Waals surface area contributed by atoms with Gasteiger partial charge in [-0.2, -0.15) is 0 Å². The molecular formula is C10H15N3O. The Morgan fingerprint density at radius 2 is 2.14 bits per heavy atom. The average molecular weight is 193 g/mol. The van der Waals surface area contributed by atoms with Gasteiger partial charge >= 0.3 is 0 Å². The quantitative estimate of drug-likeness (QED) is 0.593. The molecule has 0 aromatic carbocycles. The Kier molecular flexibility index (Phi) is 2.07. The van der Waals surface area contributed by atoms with Crippen LogP contribution in [0.2, 0.25) is 0 Å². The lowest BCUT2D eigenvalue weighted by molar-refractivity contribution is -0.125. The topological polar surface area (TPSA) is 35.6 Å². The molecule has 4 nitrogen and oxygen atoms in total. The smallest absolute Gasteiger partial charge is 0.258 e. The molecule has 2 rings (SSSR count). The third kappa shape index (κ3) is 1.32. The van der Waals surface area contributed by atoms with Crippen LogP contribution in [0.15, 0.2) is 23.7 Å². The summed E-state index contributed by atoms with van der Waals surface area (Å²) in [7, 11) is 3.77. The van der Waals surface area contributed by atoms with E-state index in [4.69, 9.17) is 0 Å². The summed E-state index contributed by atoms with van der Waals surface area (Å²) >= 11 is 0. The number of carbonyl (C=O) groups is 1. The van der Waals surface area contributed by atoms with Gasteiger partial charge in [-0.1, -0.05) is 6.58 Å². The molecule has 0 aliphatic carbocycles. The molecule has 1 amide bonds. The van der Waals surface area contributed by atoms with Gasteiger partial charge in [0.1, 0.15) is 5.82 Å². The van der Waals surface area contributed by atoms with E-state index in [-0.39, 0.29) is 5.91 Å². The van der Waals surface area contributed by atoms with E-state index in [1.165, 1.54) is 0 Å². The summed E-state index contributed by atoms with van der Waals surface area (Å²) < 4.78 is 0. The summed E-state index contributed by atoms with van der Waals surface area (Å²) in [5, 5.41) is 3.18. The zero-order valence-electron chi connectivity index (χ0n) is 8.63. The van der Waals surface area contributed by atoms with Crippen LogP contribution < -0.4 is 5.32 Å². The molecule has 2 heterocycles. The van der Waals surface area contributed by atoms with Gasteiger partial charge in [0, 0.05) is 32.3 Å². The molecule has 0 aromatic rings. The molecule has 0 atom stereocenters. The predicted octanol–water partition coefficient (Wildman–Crippen LogP) is 0.109. The second-order valence-electron chi connectivity index (χ2n) is 3.88. The van der Waals surface area contributed by atoms with Crippen LogP contribution in [-0.2, 0) is 4.79 Å². The molecule has 76 valence electrons. The van der Waals surface area contributed by atoms with Gasteiger partial charge in [0.2, 0.25) is 0 Å². The van der Waals surface area contributed by atoms with Crippen molar-refractivity contribution in [1.82, 2.24) is 15.1 Å². The summed E-state index contributed by atoms with van der Waals surface area (Å²) in [5.74, 6) is 0.758. The first kappa shape index (κ1) is 9.27. The Morgan fingerprint density at radius 3 is 2.86 bits per heavy atom. The van der Waals surface area contributed by atoms with Crippen LogP contribution in [0, 0.1) is 0 Å². The lowest BCUT2D eigenvalue weighted by atomic mass is 10.0. The molecule has 14 heavy (non-hydrogen) atoms. The maximum atomic E-state index is 11.9. The van der Waals surface area contributed by atoms with E-state index in [9.17, 15) is 4.79 Å². The van der Waals surface area contributed by atoms with Crippen molar-refractivity contribution in [3.8, 4) is 0 Å². The summed E-state index contributed by atoms with van der Waals surface area (Å²) in [6.45, 7) is 5.53. The van der Waals surface area contributed by atoms with Crippen molar-refractivity contribution in [2.24, 2.45) is 0 Å². The van der Waals surface area contributed by atoms with Crippen LogP contribution in [-0.4, -0.2) is 42.9 Å². The van der Waals surface area contributed by atoms with Gasteiger partial charge < -0.3 is 10.2 Å². The second kappa shape index (κ2) is 3.13. The molecule has 2 aliphatic heterocycles. The Bertz CT molecular complexity index is 332. The highest BCUT2D eigenvalue weighted by Gasteiger charge is 2.29. The van der Waals surface area contributed by atoms with E-state index >= 15 is 0 Å². The van der Waals surface area contributed by atoms with Crippen molar-refractivity contribution in [1.29, 1.82) is 0 Å². The van der Waals surface area contributed by atoms with Gasteiger partial charge in [0.25, 0.3) is 5.91 Å². The molecule has 2 aliphatic rings. The van der Waals surface area contributed by atoms with E-state index in [0.29, 0.717) is 5.82 Å². The number of nitrogens with one attached hydrogen (secondary N) is 1. The van der Waals surface area contributed by atoms with Crippen molar-refractivity contribution in [3.05, 3.63) is 23.7 Å². The van der Waals surface area contributed by atoms with E-state index < -0.39 is 0 Å². The van der Waals surface area contributed by atoms with Crippen LogP contribution in [0.3, 0.4) is 0 Å². The number of hydrogen-bond acceptors (Lipinski definition) is 3. The van der Waals surface area contributed by atoms with Gasteiger partial charge in [-0.25, -0.2) is 0 Å².